The van der Waals surface area contributed by atoms with E-state index in [4.69, 9.17) is 28.6 Å². The van der Waals surface area contributed by atoms with Crippen LogP contribution in [-0.2, 0) is 11.2 Å². The minimum atomic E-state index is -0.339. The van der Waals surface area contributed by atoms with Crippen LogP contribution in [0.4, 0.5) is 5.69 Å². The number of para-hydroxylation sites is 1. The Hall–Kier alpha value is -2.11. The first-order valence-electron chi connectivity index (χ1n) is 7.15. The zero-order valence-electron chi connectivity index (χ0n) is 12.6. The molecular formula is C17H17ClN2O2S. The van der Waals surface area contributed by atoms with Gasteiger partial charge in [0.1, 0.15) is 5.75 Å². The van der Waals surface area contributed by atoms with E-state index in [0.29, 0.717) is 16.5 Å². The molecule has 0 unspecified atom stereocenters. The van der Waals surface area contributed by atoms with E-state index in [0.717, 1.165) is 6.42 Å². The average molecular weight is 349 g/mol. The summed E-state index contributed by atoms with van der Waals surface area (Å²) in [5.74, 6) is 0.302. The molecule has 120 valence electrons. The summed E-state index contributed by atoms with van der Waals surface area (Å²) in [4.78, 5) is 11.8. The quantitative estimate of drug-likeness (QED) is 0.807. The van der Waals surface area contributed by atoms with Gasteiger partial charge in [-0.05, 0) is 48.5 Å². The van der Waals surface area contributed by atoms with Gasteiger partial charge < -0.3 is 10.1 Å². The number of hydrogen-bond acceptors (Lipinski definition) is 3. The van der Waals surface area contributed by atoms with Gasteiger partial charge in [0, 0.05) is 0 Å². The Kier molecular flexibility index (Phi) is 6.38. The molecule has 0 aliphatic heterocycles. The molecule has 0 spiro atoms. The minimum absolute atomic E-state index is 0.115. The van der Waals surface area contributed by atoms with Crippen LogP contribution in [0.25, 0.3) is 0 Å². The van der Waals surface area contributed by atoms with Gasteiger partial charge in [-0.25, -0.2) is 0 Å². The van der Waals surface area contributed by atoms with Crippen LogP contribution < -0.4 is 15.4 Å². The fraction of sp³-hybridized carbons (Fsp3) is 0.176. The molecule has 2 N–H and O–H groups in total. The summed E-state index contributed by atoms with van der Waals surface area (Å²) >= 11 is 11.1. The highest BCUT2D eigenvalue weighted by molar-refractivity contribution is 7.80. The standard InChI is InChI=1S/C17H17ClN2O2S/c1-2-12-7-9-13(10-8-12)22-11-16(21)20-17(23)19-15-6-4-3-5-14(15)18/h3-10H,2,11H2,1H3,(H2,19,20,21,23). The molecule has 6 heteroatoms. The van der Waals surface area contributed by atoms with E-state index in [-0.39, 0.29) is 17.6 Å². The summed E-state index contributed by atoms with van der Waals surface area (Å²) in [5, 5.41) is 6.11. The van der Waals surface area contributed by atoms with E-state index in [1.165, 1.54) is 5.56 Å². The third-order valence-corrected chi connectivity index (χ3v) is 3.61. The highest BCUT2D eigenvalue weighted by atomic mass is 35.5. The summed E-state index contributed by atoms with van der Waals surface area (Å²) in [6.07, 6.45) is 0.961. The third kappa shape index (κ3) is 5.54. The van der Waals surface area contributed by atoms with Gasteiger partial charge in [0.2, 0.25) is 0 Å². The summed E-state index contributed by atoms with van der Waals surface area (Å²) in [6, 6.07) is 14.8. The van der Waals surface area contributed by atoms with Crippen molar-refractivity contribution in [2.75, 3.05) is 11.9 Å². The van der Waals surface area contributed by atoms with Crippen molar-refractivity contribution < 1.29 is 9.53 Å². The number of nitrogens with one attached hydrogen (secondary N) is 2. The lowest BCUT2D eigenvalue weighted by Crippen LogP contribution is -2.37. The van der Waals surface area contributed by atoms with Gasteiger partial charge in [-0.1, -0.05) is 42.8 Å². The van der Waals surface area contributed by atoms with E-state index < -0.39 is 0 Å². The largest absolute Gasteiger partial charge is 0.484 e. The minimum Gasteiger partial charge on any atom is -0.484 e. The predicted molar refractivity (Wildman–Crippen MR) is 97.1 cm³/mol. The number of carbonyl (C=O) groups is 1. The molecule has 0 aromatic heterocycles. The number of thiocarbonyl (C=S) groups is 1. The van der Waals surface area contributed by atoms with Crippen molar-refractivity contribution in [2.45, 2.75) is 13.3 Å². The van der Waals surface area contributed by atoms with Crippen LogP contribution in [0.2, 0.25) is 5.02 Å². The maximum atomic E-state index is 11.8. The Morgan fingerprint density at radius 1 is 1.17 bits per heavy atom. The number of amides is 1. The first-order chi connectivity index (χ1) is 11.1. The van der Waals surface area contributed by atoms with Crippen molar-refractivity contribution in [1.82, 2.24) is 5.32 Å². The molecule has 23 heavy (non-hydrogen) atoms. The van der Waals surface area contributed by atoms with E-state index in [2.05, 4.69) is 17.6 Å². The molecule has 0 radical (unpaired) electrons. The first-order valence-corrected chi connectivity index (χ1v) is 7.94. The second kappa shape index (κ2) is 8.50. The number of anilines is 1. The van der Waals surface area contributed by atoms with Crippen LogP contribution in [0, 0.1) is 0 Å². The Bertz CT molecular complexity index is 689. The number of aryl methyl sites for hydroxylation is 1. The van der Waals surface area contributed by atoms with Crippen molar-refractivity contribution in [1.29, 1.82) is 0 Å². The summed E-state index contributed by atoms with van der Waals surface area (Å²) in [7, 11) is 0. The second-order valence-electron chi connectivity index (χ2n) is 4.77. The summed E-state index contributed by atoms with van der Waals surface area (Å²) < 4.78 is 5.42. The molecular weight excluding hydrogens is 332 g/mol. The number of ether oxygens (including phenoxy) is 1. The SMILES string of the molecule is CCc1ccc(OCC(=O)NC(=S)Nc2ccccc2Cl)cc1. The zero-order chi connectivity index (χ0) is 16.7. The molecule has 0 fully saturated rings. The lowest BCUT2D eigenvalue weighted by atomic mass is 10.2. The van der Waals surface area contributed by atoms with E-state index in [1.807, 2.05) is 36.4 Å². The van der Waals surface area contributed by atoms with E-state index in [1.54, 1.807) is 12.1 Å². The average Bonchev–Trinajstić information content (AvgIpc) is 2.55. The van der Waals surface area contributed by atoms with Crippen LogP contribution >= 0.6 is 23.8 Å². The van der Waals surface area contributed by atoms with Crippen LogP contribution in [0.1, 0.15) is 12.5 Å². The predicted octanol–water partition coefficient (Wildman–Crippen LogP) is 3.79. The Balaban J connectivity index is 1.79. The lowest BCUT2D eigenvalue weighted by Gasteiger charge is -2.11. The van der Waals surface area contributed by atoms with Crippen LogP contribution in [0.5, 0.6) is 5.75 Å². The van der Waals surface area contributed by atoms with Crippen LogP contribution in [0.3, 0.4) is 0 Å². The number of benzene rings is 2. The van der Waals surface area contributed by atoms with Gasteiger partial charge in [-0.15, -0.1) is 0 Å². The van der Waals surface area contributed by atoms with E-state index >= 15 is 0 Å². The molecule has 0 atom stereocenters. The Labute approximate surface area is 145 Å². The maximum Gasteiger partial charge on any atom is 0.264 e. The van der Waals surface area contributed by atoms with Gasteiger partial charge >= 0.3 is 0 Å². The second-order valence-corrected chi connectivity index (χ2v) is 5.58. The van der Waals surface area contributed by atoms with Gasteiger partial charge in [0.25, 0.3) is 5.91 Å². The van der Waals surface area contributed by atoms with Gasteiger partial charge in [0.15, 0.2) is 11.7 Å². The maximum absolute atomic E-state index is 11.8. The lowest BCUT2D eigenvalue weighted by molar-refractivity contribution is -0.121. The highest BCUT2D eigenvalue weighted by Gasteiger charge is 2.07. The molecule has 0 aliphatic rings. The van der Waals surface area contributed by atoms with Gasteiger partial charge in [-0.2, -0.15) is 0 Å². The fourth-order valence-corrected chi connectivity index (χ4v) is 2.26. The summed E-state index contributed by atoms with van der Waals surface area (Å²) in [6.45, 7) is 1.96. The number of carbonyl (C=O) groups excluding carboxylic acids is 1. The molecule has 0 saturated heterocycles. The van der Waals surface area contributed by atoms with Crippen molar-refractivity contribution in [2.24, 2.45) is 0 Å². The smallest absolute Gasteiger partial charge is 0.264 e. The normalized spacial score (nSPS) is 10.0. The summed E-state index contributed by atoms with van der Waals surface area (Å²) in [5.41, 5.74) is 1.85. The first kappa shape index (κ1) is 17.2. The highest BCUT2D eigenvalue weighted by Crippen LogP contribution is 2.20. The monoisotopic (exact) mass is 348 g/mol. The number of halogens is 1. The molecule has 0 aliphatic carbocycles. The molecule has 2 rings (SSSR count). The fourth-order valence-electron chi connectivity index (χ4n) is 1.85. The van der Waals surface area contributed by atoms with Crippen molar-refractivity contribution in [3.8, 4) is 5.75 Å². The number of rotatable bonds is 5. The van der Waals surface area contributed by atoms with Gasteiger partial charge in [-0.3, -0.25) is 10.1 Å². The van der Waals surface area contributed by atoms with Crippen molar-refractivity contribution >= 4 is 40.5 Å². The van der Waals surface area contributed by atoms with Crippen molar-refractivity contribution in [3.05, 3.63) is 59.1 Å². The molecule has 4 nitrogen and oxygen atoms in total. The Morgan fingerprint density at radius 2 is 1.87 bits per heavy atom. The molecule has 0 saturated carbocycles. The number of hydrogen-bond donors (Lipinski definition) is 2. The molecule has 2 aromatic carbocycles. The molecule has 0 heterocycles. The van der Waals surface area contributed by atoms with Crippen LogP contribution in [-0.4, -0.2) is 17.6 Å². The third-order valence-electron chi connectivity index (χ3n) is 3.08. The topological polar surface area (TPSA) is 50.4 Å². The Morgan fingerprint density at radius 3 is 2.52 bits per heavy atom. The molecule has 2 aromatic rings. The van der Waals surface area contributed by atoms with Gasteiger partial charge in [0.05, 0.1) is 10.7 Å². The zero-order valence-corrected chi connectivity index (χ0v) is 14.2. The van der Waals surface area contributed by atoms with Crippen molar-refractivity contribution in [3.63, 3.8) is 0 Å². The van der Waals surface area contributed by atoms with E-state index in [9.17, 15) is 4.79 Å². The van der Waals surface area contributed by atoms with Crippen LogP contribution in [0.15, 0.2) is 48.5 Å². The molecule has 0 bridgehead atoms. The molecule has 1 amide bonds.